The van der Waals surface area contributed by atoms with Crippen molar-refractivity contribution >= 4 is 11.8 Å². The summed E-state index contributed by atoms with van der Waals surface area (Å²) in [5.74, 6) is 1.07. The molecule has 0 radical (unpaired) electrons. The number of benzene rings is 1. The monoisotopic (exact) mass is 400 g/mol. The Morgan fingerprint density at radius 3 is 2.59 bits per heavy atom. The standard InChI is InChI=1S/C22H28N2O5/c1-13-20(22(26)29-5)14(2)23-21(13)18(25)12-24-10-6-7-17(24)16-11-15(27-3)8-9-19(16)28-4/h8-9,11,17,23H,6-7,10,12H2,1-5H3/t17-/m1/s1. The molecule has 7 heteroatoms. The highest BCUT2D eigenvalue weighted by atomic mass is 16.5. The number of H-pyrrole nitrogens is 1. The van der Waals surface area contributed by atoms with E-state index in [0.29, 0.717) is 22.5 Å². The summed E-state index contributed by atoms with van der Waals surface area (Å²) in [4.78, 5) is 30.3. The number of aromatic nitrogens is 1. The van der Waals surface area contributed by atoms with Crippen LogP contribution < -0.4 is 9.47 Å². The number of carbonyl (C=O) groups is 2. The number of ketones is 1. The minimum absolute atomic E-state index is 0.0467. The molecule has 0 aliphatic carbocycles. The molecule has 1 aliphatic rings. The smallest absolute Gasteiger partial charge is 0.339 e. The number of likely N-dealkylation sites (tertiary alicyclic amines) is 1. The molecule has 0 unspecified atom stereocenters. The van der Waals surface area contributed by atoms with Crippen LogP contribution in [0.4, 0.5) is 0 Å². The van der Waals surface area contributed by atoms with Crippen LogP contribution in [-0.4, -0.2) is 56.1 Å². The van der Waals surface area contributed by atoms with Gasteiger partial charge in [0.1, 0.15) is 11.5 Å². The molecule has 3 rings (SSSR count). The lowest BCUT2D eigenvalue weighted by atomic mass is 10.0. The highest BCUT2D eigenvalue weighted by Gasteiger charge is 2.31. The van der Waals surface area contributed by atoms with Crippen LogP contribution >= 0.6 is 0 Å². The summed E-state index contributed by atoms with van der Waals surface area (Å²) in [5, 5.41) is 0. The van der Waals surface area contributed by atoms with Crippen molar-refractivity contribution in [1.29, 1.82) is 0 Å². The second-order valence-corrected chi connectivity index (χ2v) is 7.28. The third kappa shape index (κ3) is 4.00. The van der Waals surface area contributed by atoms with Crippen LogP contribution in [0.25, 0.3) is 0 Å². The molecule has 0 amide bonds. The molecule has 156 valence electrons. The molecule has 1 aromatic heterocycles. The second-order valence-electron chi connectivity index (χ2n) is 7.28. The zero-order chi connectivity index (χ0) is 21.1. The maximum absolute atomic E-state index is 13.1. The highest BCUT2D eigenvalue weighted by Crippen LogP contribution is 2.39. The first kappa shape index (κ1) is 20.9. The van der Waals surface area contributed by atoms with Gasteiger partial charge >= 0.3 is 5.97 Å². The molecule has 7 nitrogen and oxygen atoms in total. The molecule has 1 atom stereocenters. The van der Waals surface area contributed by atoms with Crippen molar-refractivity contribution in [1.82, 2.24) is 9.88 Å². The predicted octanol–water partition coefficient (Wildman–Crippen LogP) is 3.46. The molecule has 2 heterocycles. The summed E-state index contributed by atoms with van der Waals surface area (Å²) in [5.41, 5.74) is 3.19. The first-order valence-corrected chi connectivity index (χ1v) is 9.67. The zero-order valence-electron chi connectivity index (χ0n) is 17.6. The van der Waals surface area contributed by atoms with Gasteiger partial charge in [0.05, 0.1) is 39.1 Å². The van der Waals surface area contributed by atoms with Gasteiger partial charge in [-0.25, -0.2) is 4.79 Å². The summed E-state index contributed by atoms with van der Waals surface area (Å²) in [6, 6.07) is 5.81. The van der Waals surface area contributed by atoms with E-state index in [9.17, 15) is 9.59 Å². The van der Waals surface area contributed by atoms with Crippen LogP contribution in [0.3, 0.4) is 0 Å². The summed E-state index contributed by atoms with van der Waals surface area (Å²) < 4.78 is 15.8. The minimum atomic E-state index is -0.435. The van der Waals surface area contributed by atoms with Crippen LogP contribution in [0, 0.1) is 13.8 Å². The Labute approximate surface area is 170 Å². The van der Waals surface area contributed by atoms with Crippen molar-refractivity contribution in [2.75, 3.05) is 34.4 Å². The Hall–Kier alpha value is -2.80. The number of nitrogens with one attached hydrogen (secondary N) is 1. The third-order valence-corrected chi connectivity index (χ3v) is 5.61. The topological polar surface area (TPSA) is 80.9 Å². The lowest BCUT2D eigenvalue weighted by molar-refractivity contribution is 0.0599. The van der Waals surface area contributed by atoms with Gasteiger partial charge in [-0.1, -0.05) is 0 Å². The molecule has 29 heavy (non-hydrogen) atoms. The van der Waals surface area contributed by atoms with Crippen molar-refractivity contribution in [3.05, 3.63) is 46.3 Å². The van der Waals surface area contributed by atoms with Crippen LogP contribution in [-0.2, 0) is 4.74 Å². The van der Waals surface area contributed by atoms with Gasteiger partial charge in [0.2, 0.25) is 0 Å². The molecule has 1 aliphatic heterocycles. The fraction of sp³-hybridized carbons (Fsp3) is 0.455. The van der Waals surface area contributed by atoms with Gasteiger partial charge in [-0.05, 0) is 57.0 Å². The molecule has 1 saturated heterocycles. The molecule has 1 N–H and O–H groups in total. The Bertz CT molecular complexity index is 918. The third-order valence-electron chi connectivity index (χ3n) is 5.61. The number of aromatic amines is 1. The van der Waals surface area contributed by atoms with Crippen molar-refractivity contribution in [2.24, 2.45) is 0 Å². The molecular formula is C22H28N2O5. The quantitative estimate of drug-likeness (QED) is 0.566. The number of nitrogens with zero attached hydrogens (tertiary/aromatic N) is 1. The summed E-state index contributed by atoms with van der Waals surface area (Å²) in [7, 11) is 4.62. The van der Waals surface area contributed by atoms with Gasteiger partial charge < -0.3 is 19.2 Å². The van der Waals surface area contributed by atoms with E-state index in [2.05, 4.69) is 9.88 Å². The maximum atomic E-state index is 13.1. The van der Waals surface area contributed by atoms with E-state index in [0.717, 1.165) is 36.4 Å². The van der Waals surface area contributed by atoms with Crippen LogP contribution in [0.15, 0.2) is 18.2 Å². The highest BCUT2D eigenvalue weighted by molar-refractivity contribution is 6.02. The second kappa shape index (κ2) is 8.69. The largest absolute Gasteiger partial charge is 0.497 e. The van der Waals surface area contributed by atoms with Crippen LogP contribution in [0.2, 0.25) is 0 Å². The Morgan fingerprint density at radius 2 is 1.93 bits per heavy atom. The molecule has 1 fully saturated rings. The number of hydrogen-bond donors (Lipinski definition) is 1. The van der Waals surface area contributed by atoms with E-state index in [1.807, 2.05) is 18.2 Å². The summed E-state index contributed by atoms with van der Waals surface area (Å²) in [6.07, 6.45) is 1.93. The zero-order valence-corrected chi connectivity index (χ0v) is 17.6. The van der Waals surface area contributed by atoms with E-state index in [1.54, 1.807) is 28.1 Å². The van der Waals surface area contributed by atoms with Crippen molar-refractivity contribution < 1.29 is 23.8 Å². The average Bonchev–Trinajstić information content (AvgIpc) is 3.30. The Morgan fingerprint density at radius 1 is 1.17 bits per heavy atom. The lowest BCUT2D eigenvalue weighted by Gasteiger charge is -2.26. The average molecular weight is 400 g/mol. The number of methoxy groups -OCH3 is 3. The number of aryl methyl sites for hydroxylation is 1. The molecule has 0 spiro atoms. The predicted molar refractivity (Wildman–Crippen MR) is 109 cm³/mol. The molecule has 2 aromatic rings. The fourth-order valence-electron chi connectivity index (χ4n) is 4.17. The number of Topliss-reactive ketones (excluding diaryl/α,β-unsaturated/α-hetero) is 1. The summed E-state index contributed by atoms with van der Waals surface area (Å²) >= 11 is 0. The summed E-state index contributed by atoms with van der Waals surface area (Å²) in [6.45, 7) is 4.62. The van der Waals surface area contributed by atoms with Crippen LogP contribution in [0.5, 0.6) is 11.5 Å². The molecular weight excluding hydrogens is 372 g/mol. The van der Waals surface area contributed by atoms with Gasteiger partial charge in [0.25, 0.3) is 0 Å². The van der Waals surface area contributed by atoms with Gasteiger partial charge in [-0.2, -0.15) is 0 Å². The van der Waals surface area contributed by atoms with Gasteiger partial charge in [-0.3, -0.25) is 9.69 Å². The maximum Gasteiger partial charge on any atom is 0.339 e. The normalized spacial score (nSPS) is 16.7. The number of hydrogen-bond acceptors (Lipinski definition) is 6. The van der Waals surface area contributed by atoms with E-state index in [-0.39, 0.29) is 18.4 Å². The SMILES string of the molecule is COC(=O)c1c(C)[nH]c(C(=O)CN2CCC[C@@H]2c2cc(OC)ccc2OC)c1C. The van der Waals surface area contributed by atoms with E-state index in [1.165, 1.54) is 7.11 Å². The number of carbonyl (C=O) groups excluding carboxylic acids is 2. The Kier molecular flexibility index (Phi) is 6.27. The van der Waals surface area contributed by atoms with E-state index >= 15 is 0 Å². The first-order valence-electron chi connectivity index (χ1n) is 9.67. The number of esters is 1. The first-order chi connectivity index (χ1) is 13.9. The number of rotatable bonds is 7. The van der Waals surface area contributed by atoms with Crippen molar-refractivity contribution in [3.63, 3.8) is 0 Å². The van der Waals surface area contributed by atoms with Crippen LogP contribution in [0.1, 0.15) is 56.6 Å². The Balaban J connectivity index is 1.85. The molecule has 1 aromatic carbocycles. The minimum Gasteiger partial charge on any atom is -0.497 e. The van der Waals surface area contributed by atoms with Crippen molar-refractivity contribution in [2.45, 2.75) is 32.7 Å². The van der Waals surface area contributed by atoms with E-state index in [4.69, 9.17) is 14.2 Å². The van der Waals surface area contributed by atoms with Crippen molar-refractivity contribution in [3.8, 4) is 11.5 Å². The van der Waals surface area contributed by atoms with E-state index < -0.39 is 5.97 Å². The molecule has 0 saturated carbocycles. The number of ether oxygens (including phenoxy) is 3. The fourth-order valence-corrected chi connectivity index (χ4v) is 4.17. The van der Waals surface area contributed by atoms with Gasteiger partial charge in [0.15, 0.2) is 5.78 Å². The van der Waals surface area contributed by atoms with Gasteiger partial charge in [-0.15, -0.1) is 0 Å². The lowest BCUT2D eigenvalue weighted by Crippen LogP contribution is -2.30. The molecule has 0 bridgehead atoms. The van der Waals surface area contributed by atoms with Gasteiger partial charge in [0, 0.05) is 17.3 Å².